The van der Waals surface area contributed by atoms with Crippen LogP contribution < -0.4 is 5.32 Å². The van der Waals surface area contributed by atoms with E-state index in [1.807, 2.05) is 0 Å². The van der Waals surface area contributed by atoms with Crippen molar-refractivity contribution in [3.05, 3.63) is 0 Å². The van der Waals surface area contributed by atoms with Crippen LogP contribution in [0.4, 0.5) is 0 Å². The van der Waals surface area contributed by atoms with Crippen molar-refractivity contribution in [2.24, 2.45) is 11.8 Å². The zero-order chi connectivity index (χ0) is 11.4. The lowest BCUT2D eigenvalue weighted by Crippen LogP contribution is -2.40. The Morgan fingerprint density at radius 1 is 1.06 bits per heavy atom. The van der Waals surface area contributed by atoms with Crippen LogP contribution in [0.5, 0.6) is 0 Å². The molecule has 2 unspecified atom stereocenters. The Bertz CT molecular complexity index is 196. The fourth-order valence-corrected chi connectivity index (χ4v) is 3.74. The highest BCUT2D eigenvalue weighted by Gasteiger charge is 2.27. The van der Waals surface area contributed by atoms with Crippen LogP contribution in [-0.4, -0.2) is 12.1 Å². The summed E-state index contributed by atoms with van der Waals surface area (Å²) in [6.45, 7) is 4.77. The first-order valence-electron chi connectivity index (χ1n) is 7.55. The Kier molecular flexibility index (Phi) is 4.69. The molecule has 2 fully saturated rings. The lowest BCUT2D eigenvalue weighted by molar-refractivity contribution is 0.262. The van der Waals surface area contributed by atoms with Crippen molar-refractivity contribution in [1.82, 2.24) is 5.32 Å². The molecule has 0 aliphatic heterocycles. The molecule has 3 atom stereocenters. The summed E-state index contributed by atoms with van der Waals surface area (Å²) < 4.78 is 0. The molecule has 94 valence electrons. The van der Waals surface area contributed by atoms with Crippen molar-refractivity contribution in [3.63, 3.8) is 0 Å². The average molecular weight is 223 g/mol. The third-order valence-corrected chi connectivity index (χ3v) is 4.97. The molecule has 0 aromatic heterocycles. The van der Waals surface area contributed by atoms with E-state index < -0.39 is 0 Å². The van der Waals surface area contributed by atoms with Crippen LogP contribution in [0.25, 0.3) is 0 Å². The highest BCUT2D eigenvalue weighted by Crippen LogP contribution is 2.31. The van der Waals surface area contributed by atoms with Gasteiger partial charge in [0, 0.05) is 12.1 Å². The molecule has 2 rings (SSSR count). The molecule has 0 radical (unpaired) electrons. The van der Waals surface area contributed by atoms with Gasteiger partial charge >= 0.3 is 0 Å². The zero-order valence-electron chi connectivity index (χ0n) is 11.2. The highest BCUT2D eigenvalue weighted by atomic mass is 15.0. The maximum Gasteiger partial charge on any atom is 0.00723 e. The van der Waals surface area contributed by atoms with Crippen LogP contribution >= 0.6 is 0 Å². The van der Waals surface area contributed by atoms with Crippen LogP contribution in [0.2, 0.25) is 0 Å². The van der Waals surface area contributed by atoms with Crippen molar-refractivity contribution < 1.29 is 0 Å². The second-order valence-electron chi connectivity index (χ2n) is 6.14. The quantitative estimate of drug-likeness (QED) is 0.756. The molecule has 0 aromatic rings. The Morgan fingerprint density at radius 3 is 2.44 bits per heavy atom. The minimum atomic E-state index is 0.765. The molecule has 0 amide bonds. The zero-order valence-corrected chi connectivity index (χ0v) is 11.2. The molecule has 2 aliphatic carbocycles. The molecular formula is C15H29N. The Hall–Kier alpha value is -0.0400. The summed E-state index contributed by atoms with van der Waals surface area (Å²) in [7, 11) is 0. The topological polar surface area (TPSA) is 12.0 Å². The van der Waals surface area contributed by atoms with Crippen LogP contribution in [0.1, 0.15) is 71.6 Å². The number of rotatable bonds is 4. The number of nitrogens with one attached hydrogen (secondary N) is 1. The van der Waals surface area contributed by atoms with Gasteiger partial charge in [0.05, 0.1) is 0 Å². The van der Waals surface area contributed by atoms with Gasteiger partial charge in [-0.3, -0.25) is 0 Å². The van der Waals surface area contributed by atoms with Gasteiger partial charge in [-0.2, -0.15) is 0 Å². The maximum absolute atomic E-state index is 3.91. The smallest absolute Gasteiger partial charge is 0.00723 e. The van der Waals surface area contributed by atoms with Crippen molar-refractivity contribution in [2.75, 3.05) is 0 Å². The summed E-state index contributed by atoms with van der Waals surface area (Å²) in [6.07, 6.45) is 13.1. The third kappa shape index (κ3) is 3.23. The molecule has 1 heteroatoms. The van der Waals surface area contributed by atoms with Crippen molar-refractivity contribution in [2.45, 2.75) is 83.7 Å². The fourth-order valence-electron chi connectivity index (χ4n) is 3.74. The Labute approximate surface area is 101 Å². The SMILES string of the molecule is CCC1CCC(N[C@H](C)C2CCCCC2)C1. The monoisotopic (exact) mass is 223 g/mol. The summed E-state index contributed by atoms with van der Waals surface area (Å²) in [4.78, 5) is 0. The van der Waals surface area contributed by atoms with E-state index in [0.29, 0.717) is 0 Å². The van der Waals surface area contributed by atoms with Gasteiger partial charge in [0.25, 0.3) is 0 Å². The van der Waals surface area contributed by atoms with Crippen LogP contribution in [0, 0.1) is 11.8 Å². The molecule has 0 heterocycles. The van der Waals surface area contributed by atoms with Crippen LogP contribution in [-0.2, 0) is 0 Å². The lowest BCUT2D eigenvalue weighted by atomic mass is 9.84. The lowest BCUT2D eigenvalue weighted by Gasteiger charge is -2.30. The summed E-state index contributed by atoms with van der Waals surface area (Å²) >= 11 is 0. The molecule has 16 heavy (non-hydrogen) atoms. The van der Waals surface area contributed by atoms with Gasteiger partial charge in [-0.25, -0.2) is 0 Å². The first-order valence-corrected chi connectivity index (χ1v) is 7.55. The third-order valence-electron chi connectivity index (χ3n) is 4.97. The normalized spacial score (nSPS) is 34.1. The van der Waals surface area contributed by atoms with E-state index in [1.165, 1.54) is 57.8 Å². The van der Waals surface area contributed by atoms with Gasteiger partial charge in [-0.15, -0.1) is 0 Å². The predicted molar refractivity (Wildman–Crippen MR) is 70.6 cm³/mol. The van der Waals surface area contributed by atoms with E-state index in [9.17, 15) is 0 Å². The molecule has 1 nitrogen and oxygen atoms in total. The van der Waals surface area contributed by atoms with Gasteiger partial charge in [0.15, 0.2) is 0 Å². The molecular weight excluding hydrogens is 194 g/mol. The van der Waals surface area contributed by atoms with Gasteiger partial charge < -0.3 is 5.32 Å². The van der Waals surface area contributed by atoms with E-state index in [-0.39, 0.29) is 0 Å². The van der Waals surface area contributed by atoms with Crippen molar-refractivity contribution in [1.29, 1.82) is 0 Å². The van der Waals surface area contributed by atoms with E-state index >= 15 is 0 Å². The number of hydrogen-bond acceptors (Lipinski definition) is 1. The highest BCUT2D eigenvalue weighted by molar-refractivity contribution is 4.84. The molecule has 1 N–H and O–H groups in total. The molecule has 2 saturated carbocycles. The summed E-state index contributed by atoms with van der Waals surface area (Å²) in [5.41, 5.74) is 0. The van der Waals surface area contributed by atoms with Gasteiger partial charge in [0.1, 0.15) is 0 Å². The first kappa shape index (κ1) is 12.4. The minimum absolute atomic E-state index is 0.765. The average Bonchev–Trinajstić information content (AvgIpc) is 2.78. The predicted octanol–water partition coefficient (Wildman–Crippen LogP) is 4.12. The van der Waals surface area contributed by atoms with Crippen molar-refractivity contribution >= 4 is 0 Å². The largest absolute Gasteiger partial charge is 0.311 e. The van der Waals surface area contributed by atoms with Gasteiger partial charge in [0.2, 0.25) is 0 Å². The number of hydrogen-bond donors (Lipinski definition) is 1. The second-order valence-corrected chi connectivity index (χ2v) is 6.14. The minimum Gasteiger partial charge on any atom is -0.311 e. The van der Waals surface area contributed by atoms with E-state index in [4.69, 9.17) is 0 Å². The van der Waals surface area contributed by atoms with Gasteiger partial charge in [-0.1, -0.05) is 32.6 Å². The summed E-state index contributed by atoms with van der Waals surface area (Å²) in [6, 6.07) is 1.60. The molecule has 0 saturated heterocycles. The summed E-state index contributed by atoms with van der Waals surface area (Å²) in [5, 5.41) is 3.91. The molecule has 0 aromatic carbocycles. The van der Waals surface area contributed by atoms with E-state index in [0.717, 1.165) is 23.9 Å². The Morgan fingerprint density at radius 2 is 1.81 bits per heavy atom. The fraction of sp³-hybridized carbons (Fsp3) is 1.00. The van der Waals surface area contributed by atoms with Crippen molar-refractivity contribution in [3.8, 4) is 0 Å². The maximum atomic E-state index is 3.91. The van der Waals surface area contributed by atoms with Crippen LogP contribution in [0.15, 0.2) is 0 Å². The second kappa shape index (κ2) is 6.05. The summed E-state index contributed by atoms with van der Waals surface area (Å²) in [5.74, 6) is 1.98. The van der Waals surface area contributed by atoms with Crippen LogP contribution in [0.3, 0.4) is 0 Å². The standard InChI is InChI=1S/C15H29N/c1-3-13-9-10-15(11-13)16-12(2)14-7-5-4-6-8-14/h12-16H,3-11H2,1-2H3/t12-,13?,15?/m1/s1. The first-order chi connectivity index (χ1) is 7.79. The van der Waals surface area contributed by atoms with E-state index in [2.05, 4.69) is 19.2 Å². The molecule has 2 aliphatic rings. The molecule has 0 spiro atoms. The molecule has 0 bridgehead atoms. The Balaban J connectivity index is 1.72. The van der Waals surface area contributed by atoms with E-state index in [1.54, 1.807) is 0 Å². The van der Waals surface area contributed by atoms with Gasteiger partial charge in [-0.05, 0) is 50.9 Å².